The summed E-state index contributed by atoms with van der Waals surface area (Å²) in [5.74, 6) is 0. The number of fused-ring (bicyclic) bond motifs is 4. The number of nitrogens with zero attached hydrogens (tertiary/aromatic N) is 1. The summed E-state index contributed by atoms with van der Waals surface area (Å²) in [5.41, 5.74) is 4.34. The van der Waals surface area contributed by atoms with Crippen molar-refractivity contribution < 1.29 is 31.8 Å². The number of aromatic nitrogens is 1. The number of hydrogen-bond donors (Lipinski definition) is 0. The molecule has 0 unspecified atom stereocenters. The number of hydrogen-bond acceptors (Lipinski definition) is 5. The minimum absolute atomic E-state index is 0.0132. The van der Waals surface area contributed by atoms with E-state index in [1.165, 1.54) is 0 Å². The fraction of sp³-hybridized carbons (Fsp3) is 0.656. The van der Waals surface area contributed by atoms with E-state index < -0.39 is 31.8 Å². The van der Waals surface area contributed by atoms with E-state index in [1.807, 2.05) is 0 Å². The third-order valence-corrected chi connectivity index (χ3v) is 14.0. The summed E-state index contributed by atoms with van der Waals surface area (Å²) in [6.07, 6.45) is -2.12. The van der Waals surface area contributed by atoms with Gasteiger partial charge in [-0.25, -0.2) is 0 Å². The molecule has 0 saturated carbocycles. The molecule has 1 spiro atoms. The van der Waals surface area contributed by atoms with Gasteiger partial charge >= 0.3 is 6.18 Å². The summed E-state index contributed by atoms with van der Waals surface area (Å²) in [6.45, 7) is 17.3. The summed E-state index contributed by atoms with van der Waals surface area (Å²) in [4.78, 5) is 5.24. The maximum atomic E-state index is 13.4. The average Bonchev–Trinajstić information content (AvgIpc) is 3.17. The van der Waals surface area contributed by atoms with E-state index >= 15 is 0 Å². The quantitative estimate of drug-likeness (QED) is 0.327. The van der Waals surface area contributed by atoms with E-state index in [0.29, 0.717) is 31.6 Å². The molecule has 3 aliphatic rings. The molecule has 2 aromatic rings. The zero-order chi connectivity index (χ0) is 30.0. The first-order valence-corrected chi connectivity index (χ1v) is 17.5. The first-order valence-electron chi connectivity index (χ1n) is 14.6. The van der Waals surface area contributed by atoms with Crippen molar-refractivity contribution in [3.05, 3.63) is 63.5 Å². The van der Waals surface area contributed by atoms with E-state index in [9.17, 15) is 13.2 Å². The van der Waals surface area contributed by atoms with Gasteiger partial charge in [-0.1, -0.05) is 46.8 Å². The highest BCUT2D eigenvalue weighted by atomic mass is 28.4. The third-order valence-electron chi connectivity index (χ3n) is 9.56. The topological polar surface area (TPSA) is 49.8 Å². The fourth-order valence-corrected chi connectivity index (χ4v) is 7.74. The molecular formula is C32H44F3NO4Si-. The van der Waals surface area contributed by atoms with Crippen molar-refractivity contribution in [2.75, 3.05) is 20.3 Å². The Balaban J connectivity index is 1.75. The molecule has 1 aromatic carbocycles. The second-order valence-electron chi connectivity index (χ2n) is 14.3. The lowest BCUT2D eigenvalue weighted by molar-refractivity contribution is -0.137. The van der Waals surface area contributed by atoms with Gasteiger partial charge in [0.2, 0.25) is 0 Å². The van der Waals surface area contributed by atoms with Crippen LogP contribution in [0.25, 0.3) is 0 Å². The second kappa shape index (κ2) is 10.4. The minimum atomic E-state index is -4.40. The number of alkyl halides is 3. The molecule has 0 amide bonds. The van der Waals surface area contributed by atoms with E-state index in [4.69, 9.17) is 23.6 Å². The molecule has 2 atom stereocenters. The van der Waals surface area contributed by atoms with Gasteiger partial charge in [-0.15, -0.1) is 18.1 Å². The molecule has 5 rings (SSSR count). The largest absolute Gasteiger partial charge is 0.559 e. The number of methoxy groups -OCH3 is 1. The van der Waals surface area contributed by atoms with Gasteiger partial charge in [0.05, 0.1) is 23.5 Å². The first-order chi connectivity index (χ1) is 19.0. The molecule has 227 valence electrons. The highest BCUT2D eigenvalue weighted by Gasteiger charge is 2.52. The van der Waals surface area contributed by atoms with Crippen LogP contribution in [0.15, 0.2) is 24.3 Å². The van der Waals surface area contributed by atoms with E-state index in [1.54, 1.807) is 19.2 Å². The minimum Gasteiger partial charge on any atom is -0.559 e. The monoisotopic (exact) mass is 591 g/mol. The SMILES string of the molecule is COCc1nc2c(c3c1[C@@H](c1ccc(C(F)(F)F)cc1)OC31CCOCC1)[C@@H](O[Si-](C)(C)C(C)(C)C)CC(C)(C)C2. The molecule has 3 heterocycles. The van der Waals surface area contributed by atoms with E-state index in [0.717, 1.165) is 53.1 Å². The van der Waals surface area contributed by atoms with Crippen LogP contribution < -0.4 is 0 Å². The van der Waals surface area contributed by atoms with Gasteiger partial charge in [0.25, 0.3) is 0 Å². The molecule has 0 radical (unpaired) electrons. The first kappa shape index (κ1) is 30.7. The zero-order valence-electron chi connectivity index (χ0n) is 25.6. The predicted molar refractivity (Wildman–Crippen MR) is 154 cm³/mol. The number of benzene rings is 1. The van der Waals surface area contributed by atoms with Gasteiger partial charge in [-0.3, -0.25) is 4.98 Å². The molecule has 1 saturated heterocycles. The molecule has 5 nitrogen and oxygen atoms in total. The van der Waals surface area contributed by atoms with Crippen LogP contribution in [0.4, 0.5) is 13.2 Å². The van der Waals surface area contributed by atoms with E-state index in [-0.39, 0.29) is 23.2 Å². The number of halogens is 3. The lowest BCUT2D eigenvalue weighted by atomic mass is 9.70. The normalized spacial score (nSPS) is 23.9. The van der Waals surface area contributed by atoms with Crippen molar-refractivity contribution in [1.82, 2.24) is 4.98 Å². The van der Waals surface area contributed by atoms with Crippen LogP contribution in [-0.2, 0) is 43.4 Å². The molecule has 0 N–H and O–H groups in total. The molecule has 2 aliphatic heterocycles. The van der Waals surface area contributed by atoms with Gasteiger partial charge in [0.1, 0.15) is 6.10 Å². The van der Waals surface area contributed by atoms with Gasteiger partial charge in [-0.2, -0.15) is 13.2 Å². The van der Waals surface area contributed by atoms with Crippen LogP contribution in [0.2, 0.25) is 18.1 Å². The molecule has 1 aliphatic carbocycles. The van der Waals surface area contributed by atoms with Gasteiger partial charge < -0.3 is 18.6 Å². The highest BCUT2D eigenvalue weighted by Crippen LogP contribution is 2.58. The maximum Gasteiger partial charge on any atom is 0.416 e. The van der Waals surface area contributed by atoms with Crippen LogP contribution in [-0.4, -0.2) is 33.6 Å². The average molecular weight is 592 g/mol. The van der Waals surface area contributed by atoms with Gasteiger partial charge in [-0.05, 0) is 49.8 Å². The Morgan fingerprint density at radius 3 is 2.22 bits per heavy atom. The molecule has 1 fully saturated rings. The number of ether oxygens (including phenoxy) is 3. The standard InChI is InChI=1S/C32H44F3NO4Si/c1-29(2,3)41(7,8)40-24-18-30(4,5)17-22-25(24)27-26(23(36-22)19-37-6)28(39-31(27)13-15-38-16-14-31)20-9-11-21(12-10-20)32(33,34)35/h9-12,24,28H,13-19H2,1-8H3/q-1/t24-,28+/m0/s1. The Morgan fingerprint density at radius 1 is 1.02 bits per heavy atom. The van der Waals surface area contributed by atoms with Crippen molar-refractivity contribution in [2.45, 2.75) is 109 Å². The Bertz CT molecular complexity index is 1280. The predicted octanol–water partition coefficient (Wildman–Crippen LogP) is 8.41. The molecule has 1 aromatic heterocycles. The lowest BCUT2D eigenvalue weighted by Gasteiger charge is -2.53. The maximum absolute atomic E-state index is 13.4. The zero-order valence-corrected chi connectivity index (χ0v) is 26.6. The summed E-state index contributed by atoms with van der Waals surface area (Å²) < 4.78 is 65.9. The molecule has 9 heteroatoms. The van der Waals surface area contributed by atoms with Crippen LogP contribution in [0.1, 0.15) is 105 Å². The van der Waals surface area contributed by atoms with Crippen LogP contribution >= 0.6 is 0 Å². The van der Waals surface area contributed by atoms with Crippen molar-refractivity contribution in [3.63, 3.8) is 0 Å². The third kappa shape index (κ3) is 5.65. The van der Waals surface area contributed by atoms with Crippen molar-refractivity contribution in [2.24, 2.45) is 5.41 Å². The summed E-state index contributed by atoms with van der Waals surface area (Å²) >= 11 is 0. The van der Waals surface area contributed by atoms with Crippen molar-refractivity contribution >= 4 is 8.32 Å². The van der Waals surface area contributed by atoms with Gasteiger partial charge in [0, 0.05) is 56.1 Å². The van der Waals surface area contributed by atoms with Crippen LogP contribution in [0.3, 0.4) is 0 Å². The Hall–Kier alpha value is -1.78. The Kier molecular flexibility index (Phi) is 7.81. The second-order valence-corrected chi connectivity index (χ2v) is 19.0. The highest BCUT2D eigenvalue weighted by molar-refractivity contribution is 6.74. The fourth-order valence-electron chi connectivity index (χ4n) is 6.48. The van der Waals surface area contributed by atoms with Crippen LogP contribution in [0.5, 0.6) is 0 Å². The number of rotatable bonds is 5. The molecular weight excluding hydrogens is 547 g/mol. The smallest absolute Gasteiger partial charge is 0.416 e. The van der Waals surface area contributed by atoms with Crippen molar-refractivity contribution in [1.29, 1.82) is 0 Å². The van der Waals surface area contributed by atoms with E-state index in [2.05, 4.69) is 47.7 Å². The summed E-state index contributed by atoms with van der Waals surface area (Å²) in [6, 6.07) is 5.36. The molecule has 41 heavy (non-hydrogen) atoms. The van der Waals surface area contributed by atoms with Gasteiger partial charge in [0.15, 0.2) is 0 Å². The van der Waals surface area contributed by atoms with Crippen molar-refractivity contribution in [3.8, 4) is 0 Å². The Labute approximate surface area is 243 Å². The summed E-state index contributed by atoms with van der Waals surface area (Å²) in [5, 5.41) is 0.0248. The lowest BCUT2D eigenvalue weighted by Crippen LogP contribution is -2.45. The van der Waals surface area contributed by atoms with Crippen LogP contribution in [0, 0.1) is 5.41 Å². The summed E-state index contributed by atoms with van der Waals surface area (Å²) in [7, 11) is -0.529. The Morgan fingerprint density at radius 2 is 1.66 bits per heavy atom. The number of pyridine rings is 1. The molecule has 0 bridgehead atoms.